The predicted molar refractivity (Wildman–Crippen MR) is 60.1 cm³/mol. The highest BCUT2D eigenvalue weighted by Crippen LogP contribution is 2.32. The molecule has 0 unspecified atom stereocenters. The minimum Gasteiger partial charge on any atom is -0.381 e. The van der Waals surface area contributed by atoms with Gasteiger partial charge in [-0.1, -0.05) is 11.6 Å². The number of ether oxygens (including phenoxy) is 1. The van der Waals surface area contributed by atoms with E-state index in [4.69, 9.17) is 16.3 Å². The van der Waals surface area contributed by atoms with Gasteiger partial charge >= 0.3 is 5.69 Å². The summed E-state index contributed by atoms with van der Waals surface area (Å²) in [6.45, 7) is 1.60. The minimum atomic E-state index is -0.444. The Hall–Kier alpha value is -1.07. The zero-order chi connectivity index (χ0) is 11.9. The van der Waals surface area contributed by atoms with Crippen LogP contribution in [0, 0.1) is 6.92 Å². The summed E-state index contributed by atoms with van der Waals surface area (Å²) in [5, 5.41) is 0.119. The molecule has 0 aromatic carbocycles. The average Bonchev–Trinajstić information content (AvgIpc) is 2.18. The molecule has 16 heavy (non-hydrogen) atoms. The van der Waals surface area contributed by atoms with Crippen molar-refractivity contribution in [3.05, 3.63) is 31.6 Å². The number of halogens is 1. The maximum absolute atomic E-state index is 11.9. The third-order valence-corrected chi connectivity index (χ3v) is 3.45. The van der Waals surface area contributed by atoms with Gasteiger partial charge in [-0.25, -0.2) is 4.79 Å². The molecular formula is C10H13ClN2O3. The molecule has 0 amide bonds. The first-order chi connectivity index (χ1) is 7.54. The van der Waals surface area contributed by atoms with Crippen LogP contribution in [-0.4, -0.2) is 22.8 Å². The third-order valence-electron chi connectivity index (χ3n) is 3.07. The Morgan fingerprint density at radius 3 is 2.62 bits per heavy atom. The summed E-state index contributed by atoms with van der Waals surface area (Å²) in [6.07, 6.45) is 1.54. The number of nitrogens with zero attached hydrogens (tertiary/aromatic N) is 1. The molecule has 0 atom stereocenters. The fraction of sp³-hybridized carbons (Fsp3) is 0.600. The molecule has 1 aromatic heterocycles. The second-order valence-electron chi connectivity index (χ2n) is 4.03. The van der Waals surface area contributed by atoms with E-state index >= 15 is 0 Å². The van der Waals surface area contributed by atoms with Crippen molar-refractivity contribution in [3.63, 3.8) is 0 Å². The van der Waals surface area contributed by atoms with Gasteiger partial charge in [0.2, 0.25) is 0 Å². The van der Waals surface area contributed by atoms with Crippen LogP contribution in [0.1, 0.15) is 24.4 Å². The second kappa shape index (κ2) is 4.07. The number of hydrogen-bond acceptors (Lipinski definition) is 3. The molecule has 1 fully saturated rings. The molecule has 0 saturated heterocycles. The molecule has 1 heterocycles. The fourth-order valence-corrected chi connectivity index (χ4v) is 2.05. The van der Waals surface area contributed by atoms with E-state index in [2.05, 4.69) is 4.98 Å². The van der Waals surface area contributed by atoms with Gasteiger partial charge in [-0.3, -0.25) is 14.3 Å². The normalized spacial score (nSPS) is 24.2. The highest BCUT2D eigenvalue weighted by atomic mass is 35.5. The zero-order valence-corrected chi connectivity index (χ0v) is 9.87. The van der Waals surface area contributed by atoms with Gasteiger partial charge in [-0.15, -0.1) is 0 Å². The number of hydrogen-bond donors (Lipinski definition) is 1. The van der Waals surface area contributed by atoms with Gasteiger partial charge in [0.25, 0.3) is 5.56 Å². The van der Waals surface area contributed by atoms with E-state index in [9.17, 15) is 9.59 Å². The Morgan fingerprint density at radius 1 is 1.44 bits per heavy atom. The van der Waals surface area contributed by atoms with E-state index in [0.29, 0.717) is 18.4 Å². The Labute approximate surface area is 97.0 Å². The summed E-state index contributed by atoms with van der Waals surface area (Å²) >= 11 is 5.72. The van der Waals surface area contributed by atoms with Crippen LogP contribution in [0.25, 0.3) is 0 Å². The number of aromatic nitrogens is 2. The standard InChI is InChI=1S/C10H13ClN2O3/c1-5-8(11)12-10(15)13(9(5)14)6-3-7(4-6)16-2/h6-7H,3-4H2,1-2H3,(H,12,15). The molecule has 1 aliphatic carbocycles. The Kier molecular flexibility index (Phi) is 2.90. The molecule has 2 rings (SSSR count). The quantitative estimate of drug-likeness (QED) is 0.785. The smallest absolute Gasteiger partial charge is 0.329 e. The van der Waals surface area contributed by atoms with Crippen molar-refractivity contribution in [1.29, 1.82) is 0 Å². The lowest BCUT2D eigenvalue weighted by molar-refractivity contribution is 0.00377. The molecule has 1 N–H and O–H groups in total. The summed E-state index contributed by atoms with van der Waals surface area (Å²) in [6, 6.07) is -0.0721. The summed E-state index contributed by atoms with van der Waals surface area (Å²) in [5.41, 5.74) is -0.379. The third kappa shape index (κ3) is 1.70. The van der Waals surface area contributed by atoms with Gasteiger partial charge in [-0.05, 0) is 19.8 Å². The minimum absolute atomic E-state index is 0.0721. The molecule has 6 heteroatoms. The molecule has 5 nitrogen and oxygen atoms in total. The largest absolute Gasteiger partial charge is 0.381 e. The number of methoxy groups -OCH3 is 1. The van der Waals surface area contributed by atoms with Crippen LogP contribution in [0.3, 0.4) is 0 Å². The lowest BCUT2D eigenvalue weighted by Crippen LogP contribution is -2.45. The first-order valence-corrected chi connectivity index (χ1v) is 5.46. The molecule has 1 aliphatic rings. The molecule has 0 bridgehead atoms. The van der Waals surface area contributed by atoms with Gasteiger partial charge < -0.3 is 4.74 Å². The van der Waals surface area contributed by atoms with E-state index in [1.165, 1.54) is 4.57 Å². The molecular weight excluding hydrogens is 232 g/mol. The van der Waals surface area contributed by atoms with Crippen LogP contribution < -0.4 is 11.2 Å². The highest BCUT2D eigenvalue weighted by Gasteiger charge is 2.32. The van der Waals surface area contributed by atoms with Crippen molar-refractivity contribution in [3.8, 4) is 0 Å². The van der Waals surface area contributed by atoms with E-state index in [0.717, 1.165) is 0 Å². The maximum atomic E-state index is 11.9. The number of rotatable bonds is 2. The van der Waals surface area contributed by atoms with Crippen molar-refractivity contribution in [2.75, 3.05) is 7.11 Å². The van der Waals surface area contributed by atoms with Crippen molar-refractivity contribution in [2.45, 2.75) is 31.9 Å². The molecule has 0 aliphatic heterocycles. The topological polar surface area (TPSA) is 64.1 Å². The number of aromatic amines is 1. The van der Waals surface area contributed by atoms with Gasteiger partial charge in [0.05, 0.1) is 6.10 Å². The Bertz CT molecular complexity index is 514. The van der Waals surface area contributed by atoms with Crippen LogP contribution in [0.2, 0.25) is 5.15 Å². The molecule has 0 radical (unpaired) electrons. The van der Waals surface area contributed by atoms with Crippen molar-refractivity contribution in [1.82, 2.24) is 9.55 Å². The molecule has 1 saturated carbocycles. The number of H-pyrrole nitrogens is 1. The first-order valence-electron chi connectivity index (χ1n) is 5.08. The van der Waals surface area contributed by atoms with Crippen LogP contribution >= 0.6 is 11.6 Å². The van der Waals surface area contributed by atoms with Crippen LogP contribution in [0.5, 0.6) is 0 Å². The lowest BCUT2D eigenvalue weighted by atomic mass is 9.89. The predicted octanol–water partition coefficient (Wildman–Crippen LogP) is 0.848. The van der Waals surface area contributed by atoms with E-state index in [1.807, 2.05) is 0 Å². The summed E-state index contributed by atoms with van der Waals surface area (Å²) in [4.78, 5) is 25.9. The lowest BCUT2D eigenvalue weighted by Gasteiger charge is -2.34. The van der Waals surface area contributed by atoms with E-state index < -0.39 is 5.69 Å². The van der Waals surface area contributed by atoms with Gasteiger partial charge in [0, 0.05) is 18.7 Å². The molecule has 1 aromatic rings. The molecule has 0 spiro atoms. The van der Waals surface area contributed by atoms with Gasteiger partial charge in [0.1, 0.15) is 5.15 Å². The summed E-state index contributed by atoms with van der Waals surface area (Å²) in [7, 11) is 1.63. The monoisotopic (exact) mass is 244 g/mol. The van der Waals surface area contributed by atoms with Crippen molar-refractivity contribution >= 4 is 11.6 Å². The van der Waals surface area contributed by atoms with Gasteiger partial charge in [-0.2, -0.15) is 0 Å². The van der Waals surface area contributed by atoms with Gasteiger partial charge in [0.15, 0.2) is 0 Å². The maximum Gasteiger partial charge on any atom is 0.329 e. The first kappa shape index (κ1) is 11.4. The molecule has 88 valence electrons. The van der Waals surface area contributed by atoms with Crippen molar-refractivity contribution < 1.29 is 4.74 Å². The highest BCUT2D eigenvalue weighted by molar-refractivity contribution is 6.30. The van der Waals surface area contributed by atoms with E-state index in [-0.39, 0.29) is 22.9 Å². The zero-order valence-electron chi connectivity index (χ0n) is 9.12. The average molecular weight is 245 g/mol. The van der Waals surface area contributed by atoms with Crippen LogP contribution in [0.4, 0.5) is 0 Å². The fourth-order valence-electron chi connectivity index (χ4n) is 1.89. The van der Waals surface area contributed by atoms with Crippen LogP contribution in [-0.2, 0) is 4.74 Å². The number of nitrogens with one attached hydrogen (secondary N) is 1. The van der Waals surface area contributed by atoms with E-state index in [1.54, 1.807) is 14.0 Å². The summed E-state index contributed by atoms with van der Waals surface area (Å²) < 4.78 is 6.35. The Morgan fingerprint density at radius 2 is 2.06 bits per heavy atom. The SMILES string of the molecule is COC1CC(n2c(=O)[nH]c(Cl)c(C)c2=O)C1. The van der Waals surface area contributed by atoms with Crippen LogP contribution in [0.15, 0.2) is 9.59 Å². The second-order valence-corrected chi connectivity index (χ2v) is 4.41. The van der Waals surface area contributed by atoms with Crippen molar-refractivity contribution in [2.24, 2.45) is 0 Å². The Balaban J connectivity index is 2.40. The summed E-state index contributed by atoms with van der Waals surface area (Å²) in [5.74, 6) is 0.